The topological polar surface area (TPSA) is 0 Å². The van der Waals surface area contributed by atoms with Gasteiger partial charge in [-0.1, -0.05) is 22.4 Å². The zero-order chi connectivity index (χ0) is 6.72. The molecule has 0 aromatic carbocycles. The highest BCUT2D eigenvalue weighted by Gasteiger charge is 2.60. The Morgan fingerprint density at radius 3 is 2.90 bits per heavy atom. The van der Waals surface area contributed by atoms with Crippen LogP contribution >= 0.6 is 15.9 Å². The number of hydrogen-bond acceptors (Lipinski definition) is 0. The zero-order valence-electron chi connectivity index (χ0n) is 5.89. The third-order valence-corrected chi connectivity index (χ3v) is 4.77. The molecule has 0 heterocycles. The van der Waals surface area contributed by atoms with Crippen LogP contribution in [0.3, 0.4) is 0 Å². The van der Waals surface area contributed by atoms with E-state index >= 15 is 0 Å². The molecule has 1 heteroatoms. The van der Waals surface area contributed by atoms with Gasteiger partial charge in [-0.15, -0.1) is 0 Å². The van der Waals surface area contributed by atoms with Crippen molar-refractivity contribution in [2.75, 3.05) is 0 Å². The van der Waals surface area contributed by atoms with E-state index in [1.807, 2.05) is 0 Å². The van der Waals surface area contributed by atoms with Crippen LogP contribution in [0, 0.1) is 30.1 Å². The van der Waals surface area contributed by atoms with Gasteiger partial charge in [0.1, 0.15) is 0 Å². The molecule has 0 saturated heterocycles. The van der Waals surface area contributed by atoms with Gasteiger partial charge in [-0.3, -0.25) is 0 Å². The van der Waals surface area contributed by atoms with E-state index in [4.69, 9.17) is 0 Å². The molecule has 4 fully saturated rings. The van der Waals surface area contributed by atoms with Crippen molar-refractivity contribution in [3.63, 3.8) is 0 Å². The molecular weight excluding hydrogens is 188 g/mol. The summed E-state index contributed by atoms with van der Waals surface area (Å²) < 4.78 is 0. The fourth-order valence-electron chi connectivity index (χ4n) is 3.12. The molecule has 2 radical (unpaired) electrons. The van der Waals surface area contributed by atoms with Gasteiger partial charge in [0, 0.05) is 4.83 Å². The van der Waals surface area contributed by atoms with E-state index in [0.29, 0.717) is 0 Å². The molecule has 0 aromatic heterocycles. The lowest BCUT2D eigenvalue weighted by molar-refractivity contribution is 0.112. The first-order valence-corrected chi connectivity index (χ1v) is 5.19. The molecule has 4 aliphatic carbocycles. The highest BCUT2D eigenvalue weighted by molar-refractivity contribution is 9.09. The molecule has 54 valence electrons. The van der Waals surface area contributed by atoms with Crippen LogP contribution in [0.1, 0.15) is 19.3 Å². The van der Waals surface area contributed by atoms with Crippen LogP contribution in [0.15, 0.2) is 0 Å². The van der Waals surface area contributed by atoms with Crippen LogP contribution in [-0.4, -0.2) is 4.83 Å². The van der Waals surface area contributed by atoms with Crippen LogP contribution in [-0.2, 0) is 0 Å². The smallest absolute Gasteiger partial charge is 0.0216 e. The largest absolute Gasteiger partial charge is 0.0884 e. The van der Waals surface area contributed by atoms with E-state index in [2.05, 4.69) is 22.4 Å². The lowest BCUT2D eigenvalue weighted by Crippen LogP contribution is -2.43. The van der Waals surface area contributed by atoms with Crippen molar-refractivity contribution in [2.45, 2.75) is 24.1 Å². The minimum atomic E-state index is 0.822. The lowest BCUT2D eigenvalue weighted by Gasteiger charge is -2.45. The maximum atomic E-state index is 3.75. The molecule has 10 heavy (non-hydrogen) atoms. The fourth-order valence-corrected chi connectivity index (χ4v) is 4.43. The van der Waals surface area contributed by atoms with Gasteiger partial charge in [-0.05, 0) is 42.9 Å². The summed E-state index contributed by atoms with van der Waals surface area (Å²) in [6.07, 6.45) is 8.08. The average molecular weight is 199 g/mol. The number of alkyl halides is 1. The van der Waals surface area contributed by atoms with Crippen molar-refractivity contribution in [1.82, 2.24) is 0 Å². The molecule has 4 bridgehead atoms. The summed E-state index contributed by atoms with van der Waals surface area (Å²) in [6.45, 7) is 0. The van der Waals surface area contributed by atoms with Crippen molar-refractivity contribution >= 4 is 15.9 Å². The molecule has 5 unspecified atom stereocenters. The molecule has 4 aliphatic rings. The van der Waals surface area contributed by atoms with Crippen molar-refractivity contribution in [1.29, 1.82) is 0 Å². The molecule has 0 aliphatic heterocycles. The van der Waals surface area contributed by atoms with Crippen molar-refractivity contribution < 1.29 is 0 Å². The molecule has 0 amide bonds. The number of rotatable bonds is 0. The predicted octanol–water partition coefficient (Wildman–Crippen LogP) is 2.51. The monoisotopic (exact) mass is 198 g/mol. The number of halogens is 1. The van der Waals surface area contributed by atoms with Gasteiger partial charge in [0.05, 0.1) is 0 Å². The summed E-state index contributed by atoms with van der Waals surface area (Å²) >= 11 is 3.75. The Labute approximate surface area is 70.5 Å². The SMILES string of the molecule is BrC1C2[C]C3CCCC2C31. The third-order valence-electron chi connectivity index (χ3n) is 3.59. The molecular formula is C9H11Br. The van der Waals surface area contributed by atoms with Gasteiger partial charge in [0.2, 0.25) is 0 Å². The summed E-state index contributed by atoms with van der Waals surface area (Å²) in [4.78, 5) is 0.822. The molecule has 0 spiro atoms. The third kappa shape index (κ3) is 0.511. The maximum Gasteiger partial charge on any atom is 0.0216 e. The first-order valence-electron chi connectivity index (χ1n) is 4.28. The Morgan fingerprint density at radius 2 is 2.20 bits per heavy atom. The van der Waals surface area contributed by atoms with Gasteiger partial charge in [-0.25, -0.2) is 0 Å². The molecule has 5 atom stereocenters. The Kier molecular flexibility index (Phi) is 1.09. The van der Waals surface area contributed by atoms with Crippen LogP contribution < -0.4 is 0 Å². The van der Waals surface area contributed by atoms with E-state index in [1.165, 1.54) is 19.3 Å². The first-order chi connectivity index (χ1) is 4.88. The predicted molar refractivity (Wildman–Crippen MR) is 43.8 cm³/mol. The first kappa shape index (κ1) is 6.05. The molecule has 0 N–H and O–H groups in total. The minimum Gasteiger partial charge on any atom is -0.0884 e. The summed E-state index contributed by atoms with van der Waals surface area (Å²) in [6, 6.07) is 0. The Morgan fingerprint density at radius 1 is 1.30 bits per heavy atom. The molecule has 0 nitrogen and oxygen atoms in total. The second-order valence-electron chi connectivity index (χ2n) is 3.92. The Balaban J connectivity index is 1.93. The van der Waals surface area contributed by atoms with Crippen molar-refractivity contribution in [2.24, 2.45) is 23.7 Å². The summed E-state index contributed by atoms with van der Waals surface area (Å²) in [7, 11) is 0. The molecule has 4 saturated carbocycles. The zero-order valence-corrected chi connectivity index (χ0v) is 7.47. The maximum absolute atomic E-state index is 3.75. The second kappa shape index (κ2) is 1.80. The van der Waals surface area contributed by atoms with E-state index in [-0.39, 0.29) is 0 Å². The van der Waals surface area contributed by atoms with Crippen molar-refractivity contribution in [3.8, 4) is 0 Å². The van der Waals surface area contributed by atoms with Gasteiger partial charge in [0.15, 0.2) is 0 Å². The lowest BCUT2D eigenvalue weighted by atomic mass is 9.65. The highest BCUT2D eigenvalue weighted by Crippen LogP contribution is 2.64. The summed E-state index contributed by atoms with van der Waals surface area (Å²) in [5.74, 6) is 3.77. The van der Waals surface area contributed by atoms with Crippen molar-refractivity contribution in [3.05, 3.63) is 6.42 Å². The average Bonchev–Trinajstić information content (AvgIpc) is 2.39. The summed E-state index contributed by atoms with van der Waals surface area (Å²) in [5, 5.41) is 0. The summed E-state index contributed by atoms with van der Waals surface area (Å²) in [5.41, 5.74) is 0. The van der Waals surface area contributed by atoms with Crippen LogP contribution in [0.2, 0.25) is 0 Å². The quantitative estimate of drug-likeness (QED) is 0.526. The standard InChI is InChI=1S/C9H11Br/c10-9-7-4-5-2-1-3-6(7)8(5)9/h5-9H,1-3H2. The van der Waals surface area contributed by atoms with Gasteiger partial charge in [-0.2, -0.15) is 0 Å². The molecule has 4 rings (SSSR count). The fraction of sp³-hybridized carbons (Fsp3) is 0.889. The normalized spacial score (nSPS) is 63.9. The Hall–Kier alpha value is 0.480. The van der Waals surface area contributed by atoms with Gasteiger partial charge >= 0.3 is 0 Å². The Bertz CT molecular complexity index is 160. The van der Waals surface area contributed by atoms with Gasteiger partial charge < -0.3 is 0 Å². The van der Waals surface area contributed by atoms with Crippen LogP contribution in [0.4, 0.5) is 0 Å². The van der Waals surface area contributed by atoms with Crippen LogP contribution in [0.5, 0.6) is 0 Å². The second-order valence-corrected chi connectivity index (χ2v) is 4.97. The minimum absolute atomic E-state index is 0.822. The van der Waals surface area contributed by atoms with E-state index in [1.54, 1.807) is 0 Å². The van der Waals surface area contributed by atoms with E-state index in [9.17, 15) is 0 Å². The van der Waals surface area contributed by atoms with Crippen LogP contribution in [0.25, 0.3) is 0 Å². The van der Waals surface area contributed by atoms with E-state index in [0.717, 1.165) is 28.5 Å². The highest BCUT2D eigenvalue weighted by atomic mass is 79.9. The van der Waals surface area contributed by atoms with Gasteiger partial charge in [0.25, 0.3) is 0 Å². The molecule has 0 aromatic rings. The number of hydrogen-bond donors (Lipinski definition) is 0. The van der Waals surface area contributed by atoms with E-state index < -0.39 is 0 Å².